The number of nitrogens with one attached hydrogen (secondary N) is 1. The molecule has 0 unspecified atom stereocenters. The van der Waals surface area contributed by atoms with Crippen LogP contribution in [0.15, 0.2) is 12.1 Å². The Kier molecular flexibility index (Phi) is 5.90. The Balaban J connectivity index is 2.30. The van der Waals surface area contributed by atoms with Crippen molar-refractivity contribution in [3.8, 4) is 5.75 Å². The summed E-state index contributed by atoms with van der Waals surface area (Å²) < 4.78 is 33.5. The van der Waals surface area contributed by atoms with Crippen LogP contribution in [-0.4, -0.2) is 49.9 Å². The van der Waals surface area contributed by atoms with E-state index >= 15 is 0 Å². The highest BCUT2D eigenvalue weighted by Gasteiger charge is 2.27. The van der Waals surface area contributed by atoms with Crippen molar-refractivity contribution in [2.24, 2.45) is 0 Å². The van der Waals surface area contributed by atoms with Crippen LogP contribution in [-0.2, 0) is 0 Å². The SMILES string of the molecule is COc1cc(F)c([C@@H](CCCO)N2CCNCC2)c(F)c1. The van der Waals surface area contributed by atoms with E-state index in [9.17, 15) is 8.78 Å². The van der Waals surface area contributed by atoms with Crippen molar-refractivity contribution in [3.63, 3.8) is 0 Å². The molecule has 1 saturated heterocycles. The zero-order valence-electron chi connectivity index (χ0n) is 12.2. The van der Waals surface area contributed by atoms with Gasteiger partial charge in [-0.1, -0.05) is 0 Å². The van der Waals surface area contributed by atoms with E-state index in [0.717, 1.165) is 26.2 Å². The van der Waals surface area contributed by atoms with Gasteiger partial charge in [0.15, 0.2) is 0 Å². The number of piperazine rings is 1. The molecule has 1 aromatic rings. The molecule has 0 spiro atoms. The van der Waals surface area contributed by atoms with Crippen molar-refractivity contribution in [1.29, 1.82) is 0 Å². The summed E-state index contributed by atoms with van der Waals surface area (Å²) in [4.78, 5) is 2.07. The van der Waals surface area contributed by atoms with Gasteiger partial charge < -0.3 is 15.2 Å². The summed E-state index contributed by atoms with van der Waals surface area (Å²) in [7, 11) is 1.38. The molecule has 1 fully saturated rings. The van der Waals surface area contributed by atoms with Crippen molar-refractivity contribution in [2.45, 2.75) is 18.9 Å². The first-order valence-electron chi connectivity index (χ1n) is 7.26. The number of hydrogen-bond acceptors (Lipinski definition) is 4. The smallest absolute Gasteiger partial charge is 0.134 e. The van der Waals surface area contributed by atoms with Crippen molar-refractivity contribution < 1.29 is 18.6 Å². The van der Waals surface area contributed by atoms with Crippen LogP contribution in [0.5, 0.6) is 5.75 Å². The lowest BCUT2D eigenvalue weighted by molar-refractivity contribution is 0.148. The third kappa shape index (κ3) is 3.90. The lowest BCUT2D eigenvalue weighted by Gasteiger charge is -2.35. The molecule has 4 nitrogen and oxygen atoms in total. The molecule has 118 valence electrons. The predicted octanol–water partition coefficient (Wildman–Crippen LogP) is 1.69. The Morgan fingerprint density at radius 1 is 1.29 bits per heavy atom. The first-order valence-corrected chi connectivity index (χ1v) is 7.26. The Morgan fingerprint density at radius 3 is 2.43 bits per heavy atom. The molecule has 1 aliphatic rings. The van der Waals surface area contributed by atoms with Gasteiger partial charge in [-0.3, -0.25) is 4.90 Å². The van der Waals surface area contributed by atoms with Gasteiger partial charge in [0.25, 0.3) is 0 Å². The van der Waals surface area contributed by atoms with Gasteiger partial charge in [0, 0.05) is 56.5 Å². The van der Waals surface area contributed by atoms with Crippen molar-refractivity contribution >= 4 is 0 Å². The molecule has 21 heavy (non-hydrogen) atoms. The number of aliphatic hydroxyl groups excluding tert-OH is 1. The molecule has 1 aliphatic heterocycles. The third-order valence-corrected chi connectivity index (χ3v) is 3.85. The molecule has 2 rings (SSSR count). The Labute approximate surface area is 123 Å². The number of halogens is 2. The van der Waals surface area contributed by atoms with Crippen molar-refractivity contribution in [2.75, 3.05) is 39.9 Å². The van der Waals surface area contributed by atoms with E-state index < -0.39 is 11.6 Å². The minimum Gasteiger partial charge on any atom is -0.497 e. The van der Waals surface area contributed by atoms with Crippen LogP contribution in [0.2, 0.25) is 0 Å². The highest BCUT2D eigenvalue weighted by atomic mass is 19.1. The molecule has 2 N–H and O–H groups in total. The predicted molar refractivity (Wildman–Crippen MR) is 76.4 cm³/mol. The van der Waals surface area contributed by atoms with Gasteiger partial charge in [-0.05, 0) is 12.8 Å². The zero-order valence-corrected chi connectivity index (χ0v) is 12.2. The summed E-state index contributed by atoms with van der Waals surface area (Å²) in [6.45, 7) is 3.09. The van der Waals surface area contributed by atoms with E-state index in [-0.39, 0.29) is 24.0 Å². The summed E-state index contributed by atoms with van der Waals surface area (Å²) in [5, 5.41) is 12.3. The van der Waals surface area contributed by atoms with E-state index in [0.29, 0.717) is 12.8 Å². The molecule has 1 atom stereocenters. The Bertz CT molecular complexity index is 442. The van der Waals surface area contributed by atoms with Crippen molar-refractivity contribution in [1.82, 2.24) is 10.2 Å². The van der Waals surface area contributed by atoms with Crippen LogP contribution < -0.4 is 10.1 Å². The normalized spacial score (nSPS) is 17.7. The quantitative estimate of drug-likeness (QED) is 0.839. The topological polar surface area (TPSA) is 44.7 Å². The van der Waals surface area contributed by atoms with E-state index in [1.54, 1.807) is 0 Å². The fourth-order valence-corrected chi connectivity index (χ4v) is 2.79. The van der Waals surface area contributed by atoms with E-state index in [4.69, 9.17) is 9.84 Å². The summed E-state index contributed by atoms with van der Waals surface area (Å²) in [6.07, 6.45) is 1.04. The number of ether oxygens (including phenoxy) is 1. The number of aliphatic hydroxyl groups is 1. The summed E-state index contributed by atoms with van der Waals surface area (Å²) in [6, 6.07) is 2.07. The molecule has 0 radical (unpaired) electrons. The average Bonchev–Trinajstić information content (AvgIpc) is 2.50. The van der Waals surface area contributed by atoms with Crippen LogP contribution in [0.3, 0.4) is 0 Å². The molecule has 0 aromatic heterocycles. The molecule has 1 heterocycles. The second-order valence-corrected chi connectivity index (χ2v) is 5.17. The molecule has 0 aliphatic carbocycles. The van der Waals surface area contributed by atoms with Crippen LogP contribution in [0.25, 0.3) is 0 Å². The standard InChI is InChI=1S/C15H22F2N2O2/c1-21-11-9-12(16)15(13(17)10-11)14(3-2-8-20)19-6-4-18-5-7-19/h9-10,14,18,20H,2-8H2,1H3/t14-/m1/s1. The number of nitrogens with zero attached hydrogens (tertiary/aromatic N) is 1. The summed E-state index contributed by atoms with van der Waals surface area (Å²) >= 11 is 0. The first kappa shape index (κ1) is 16.1. The number of methoxy groups -OCH3 is 1. The lowest BCUT2D eigenvalue weighted by Crippen LogP contribution is -2.45. The molecule has 0 saturated carbocycles. The molecule has 0 bridgehead atoms. The second-order valence-electron chi connectivity index (χ2n) is 5.17. The van der Waals surface area contributed by atoms with Gasteiger partial charge in [0.1, 0.15) is 17.4 Å². The van der Waals surface area contributed by atoms with Crippen LogP contribution in [0.1, 0.15) is 24.4 Å². The maximum atomic E-state index is 14.3. The number of hydrogen-bond donors (Lipinski definition) is 2. The minimum atomic E-state index is -0.590. The third-order valence-electron chi connectivity index (χ3n) is 3.85. The van der Waals surface area contributed by atoms with Gasteiger partial charge in [0.05, 0.1) is 7.11 Å². The van der Waals surface area contributed by atoms with Gasteiger partial charge in [-0.15, -0.1) is 0 Å². The minimum absolute atomic E-state index is 0.0159. The van der Waals surface area contributed by atoms with Gasteiger partial charge in [-0.2, -0.15) is 0 Å². The lowest BCUT2D eigenvalue weighted by atomic mass is 9.98. The highest BCUT2D eigenvalue weighted by Crippen LogP contribution is 2.32. The number of benzene rings is 1. The van der Waals surface area contributed by atoms with E-state index in [1.165, 1.54) is 19.2 Å². The first-order chi connectivity index (χ1) is 10.2. The highest BCUT2D eigenvalue weighted by molar-refractivity contribution is 5.32. The molecule has 1 aromatic carbocycles. The summed E-state index contributed by atoms with van der Waals surface area (Å²) in [5.74, 6) is -1.00. The Morgan fingerprint density at radius 2 is 1.90 bits per heavy atom. The second kappa shape index (κ2) is 7.68. The van der Waals surface area contributed by atoms with Crippen LogP contribution in [0.4, 0.5) is 8.78 Å². The monoisotopic (exact) mass is 300 g/mol. The maximum absolute atomic E-state index is 14.3. The average molecular weight is 300 g/mol. The largest absolute Gasteiger partial charge is 0.497 e. The molecular formula is C15H22F2N2O2. The van der Waals surface area contributed by atoms with Crippen LogP contribution >= 0.6 is 0 Å². The maximum Gasteiger partial charge on any atom is 0.134 e. The van der Waals surface area contributed by atoms with Gasteiger partial charge in [0.2, 0.25) is 0 Å². The zero-order chi connectivity index (χ0) is 15.2. The molecule has 0 amide bonds. The van der Waals surface area contributed by atoms with Crippen LogP contribution in [0, 0.1) is 11.6 Å². The van der Waals surface area contributed by atoms with E-state index in [2.05, 4.69) is 10.2 Å². The number of rotatable bonds is 6. The summed E-state index contributed by atoms with van der Waals surface area (Å²) in [5.41, 5.74) is 0.0751. The molecular weight excluding hydrogens is 278 g/mol. The van der Waals surface area contributed by atoms with Gasteiger partial charge in [-0.25, -0.2) is 8.78 Å². The Hall–Kier alpha value is -1.24. The van der Waals surface area contributed by atoms with E-state index in [1.807, 2.05) is 0 Å². The fourth-order valence-electron chi connectivity index (χ4n) is 2.79. The molecule has 6 heteroatoms. The fraction of sp³-hybridized carbons (Fsp3) is 0.600. The van der Waals surface area contributed by atoms with Crippen molar-refractivity contribution in [3.05, 3.63) is 29.3 Å². The van der Waals surface area contributed by atoms with Gasteiger partial charge >= 0.3 is 0 Å².